The summed E-state index contributed by atoms with van der Waals surface area (Å²) in [6, 6.07) is 23.6. The van der Waals surface area contributed by atoms with E-state index in [4.69, 9.17) is 4.74 Å². The summed E-state index contributed by atoms with van der Waals surface area (Å²) in [4.78, 5) is 0.236. The van der Waals surface area contributed by atoms with E-state index in [9.17, 15) is 8.42 Å². The fourth-order valence-electron chi connectivity index (χ4n) is 2.57. The first-order valence-corrected chi connectivity index (χ1v) is 9.33. The minimum atomic E-state index is -3.63. The topological polar surface area (TPSA) is 55.4 Å². The van der Waals surface area contributed by atoms with Crippen molar-refractivity contribution < 1.29 is 13.2 Å². The van der Waals surface area contributed by atoms with E-state index in [1.165, 1.54) is 0 Å². The summed E-state index contributed by atoms with van der Waals surface area (Å²) in [7, 11) is -1.98. The molecule has 0 aromatic heterocycles. The molecule has 3 rings (SSSR count). The van der Waals surface area contributed by atoms with Gasteiger partial charge in [0.2, 0.25) is 0 Å². The molecular weight excluding hydrogens is 334 g/mol. The molecule has 0 radical (unpaired) electrons. The van der Waals surface area contributed by atoms with Crippen LogP contribution in [0.1, 0.15) is 5.56 Å². The fraction of sp³-hybridized carbons (Fsp3) is 0.100. The van der Waals surface area contributed by atoms with Crippen LogP contribution in [0.25, 0.3) is 11.1 Å². The molecule has 0 saturated heterocycles. The Hall–Kier alpha value is -2.63. The Balaban J connectivity index is 1.94. The van der Waals surface area contributed by atoms with E-state index in [-0.39, 0.29) is 4.90 Å². The Kier molecular flexibility index (Phi) is 5.16. The molecule has 0 heterocycles. The van der Waals surface area contributed by atoms with Gasteiger partial charge in [0, 0.05) is 12.7 Å². The van der Waals surface area contributed by atoms with Crippen LogP contribution in [-0.4, -0.2) is 15.5 Å². The highest BCUT2D eigenvalue weighted by atomic mass is 32.2. The van der Waals surface area contributed by atoms with Crippen molar-refractivity contribution in [3.63, 3.8) is 0 Å². The van der Waals surface area contributed by atoms with Crippen molar-refractivity contribution in [2.24, 2.45) is 0 Å². The number of hydrogen-bond donors (Lipinski definition) is 1. The Morgan fingerprint density at radius 1 is 0.840 bits per heavy atom. The highest BCUT2D eigenvalue weighted by molar-refractivity contribution is 7.92. The molecule has 1 N–H and O–H groups in total. The monoisotopic (exact) mass is 353 g/mol. The molecule has 128 valence electrons. The molecule has 3 aromatic carbocycles. The zero-order valence-electron chi connectivity index (χ0n) is 13.8. The summed E-state index contributed by atoms with van der Waals surface area (Å²) in [5.41, 5.74) is 3.37. The van der Waals surface area contributed by atoms with Crippen molar-refractivity contribution in [3.8, 4) is 11.1 Å². The van der Waals surface area contributed by atoms with Crippen LogP contribution in [0.5, 0.6) is 0 Å². The van der Waals surface area contributed by atoms with Gasteiger partial charge in [-0.2, -0.15) is 0 Å². The lowest BCUT2D eigenvalue weighted by Crippen LogP contribution is -2.13. The van der Waals surface area contributed by atoms with Crippen LogP contribution < -0.4 is 4.72 Å². The summed E-state index contributed by atoms with van der Waals surface area (Å²) in [6.45, 7) is 0.544. The van der Waals surface area contributed by atoms with E-state index in [2.05, 4.69) is 4.72 Å². The van der Waals surface area contributed by atoms with E-state index in [0.717, 1.165) is 16.7 Å². The number of sulfonamides is 1. The summed E-state index contributed by atoms with van der Waals surface area (Å²) in [5.74, 6) is 0. The molecule has 3 aromatic rings. The maximum Gasteiger partial charge on any atom is 0.261 e. The third-order valence-electron chi connectivity index (χ3n) is 3.80. The Morgan fingerprint density at radius 2 is 1.48 bits per heavy atom. The normalized spacial score (nSPS) is 11.2. The number of methoxy groups -OCH3 is 1. The van der Waals surface area contributed by atoms with Crippen LogP contribution >= 0.6 is 0 Å². The lowest BCUT2D eigenvalue weighted by atomic mass is 10.0. The number of ether oxygens (including phenoxy) is 1. The van der Waals surface area contributed by atoms with Crippen molar-refractivity contribution in [1.29, 1.82) is 0 Å². The highest BCUT2D eigenvalue weighted by Gasteiger charge is 2.15. The van der Waals surface area contributed by atoms with Gasteiger partial charge >= 0.3 is 0 Å². The van der Waals surface area contributed by atoms with Crippen molar-refractivity contribution in [2.45, 2.75) is 11.5 Å². The molecule has 0 unspecified atom stereocenters. The molecule has 0 bridgehead atoms. The van der Waals surface area contributed by atoms with Gasteiger partial charge in [-0.05, 0) is 29.3 Å². The molecule has 5 heteroatoms. The molecule has 0 aliphatic heterocycles. The average molecular weight is 353 g/mol. The lowest BCUT2D eigenvalue weighted by Gasteiger charge is -2.13. The zero-order valence-corrected chi connectivity index (χ0v) is 14.7. The Morgan fingerprint density at radius 3 is 2.16 bits per heavy atom. The van der Waals surface area contributed by atoms with Gasteiger partial charge in [0.1, 0.15) is 0 Å². The van der Waals surface area contributed by atoms with E-state index >= 15 is 0 Å². The predicted molar refractivity (Wildman–Crippen MR) is 99.8 cm³/mol. The maximum atomic E-state index is 12.6. The van der Waals surface area contributed by atoms with Crippen LogP contribution in [0, 0.1) is 0 Å². The quantitative estimate of drug-likeness (QED) is 0.719. The van der Waals surface area contributed by atoms with Gasteiger partial charge in [-0.1, -0.05) is 60.7 Å². The van der Waals surface area contributed by atoms with Gasteiger partial charge < -0.3 is 4.74 Å². The fourth-order valence-corrected chi connectivity index (χ4v) is 3.68. The molecule has 0 spiro atoms. The summed E-state index contributed by atoms with van der Waals surface area (Å²) in [6.07, 6.45) is 0. The molecule has 4 nitrogen and oxygen atoms in total. The molecule has 0 aliphatic carbocycles. The van der Waals surface area contributed by atoms with E-state index < -0.39 is 10.0 Å². The molecule has 0 aliphatic rings. The van der Waals surface area contributed by atoms with Gasteiger partial charge in [-0.25, -0.2) is 8.42 Å². The Bertz CT molecular complexity index is 936. The third kappa shape index (κ3) is 4.07. The number of rotatable bonds is 6. The molecule has 0 fully saturated rings. The number of para-hydroxylation sites is 1. The Labute approximate surface area is 148 Å². The van der Waals surface area contributed by atoms with Crippen LogP contribution in [0.15, 0.2) is 83.8 Å². The van der Waals surface area contributed by atoms with Crippen molar-refractivity contribution in [1.82, 2.24) is 0 Å². The predicted octanol–water partition coefficient (Wildman–Crippen LogP) is 4.30. The molecular formula is C20H19NO3S. The molecule has 0 amide bonds. The number of benzene rings is 3. The third-order valence-corrected chi connectivity index (χ3v) is 5.18. The second kappa shape index (κ2) is 7.51. The average Bonchev–Trinajstić information content (AvgIpc) is 2.64. The van der Waals surface area contributed by atoms with Gasteiger partial charge in [0.15, 0.2) is 0 Å². The second-order valence-electron chi connectivity index (χ2n) is 5.59. The van der Waals surface area contributed by atoms with Crippen molar-refractivity contribution >= 4 is 15.7 Å². The van der Waals surface area contributed by atoms with E-state index in [1.807, 2.05) is 42.5 Å². The van der Waals surface area contributed by atoms with Crippen LogP contribution in [-0.2, 0) is 21.4 Å². The summed E-state index contributed by atoms with van der Waals surface area (Å²) < 4.78 is 33.0. The van der Waals surface area contributed by atoms with Gasteiger partial charge in [0.25, 0.3) is 10.0 Å². The summed E-state index contributed by atoms with van der Waals surface area (Å²) in [5, 5.41) is 0. The number of nitrogens with one attached hydrogen (secondary N) is 1. The first kappa shape index (κ1) is 17.2. The minimum Gasteiger partial charge on any atom is -0.380 e. The van der Waals surface area contributed by atoms with E-state index in [1.54, 1.807) is 43.5 Å². The first-order chi connectivity index (χ1) is 12.1. The highest BCUT2D eigenvalue weighted by Crippen LogP contribution is 2.29. The van der Waals surface area contributed by atoms with Crippen LogP contribution in [0.4, 0.5) is 5.69 Å². The van der Waals surface area contributed by atoms with E-state index in [0.29, 0.717) is 12.3 Å². The molecule has 0 atom stereocenters. The standard InChI is InChI=1S/C20H19NO3S/c1-24-15-16-11-13-17(14-12-16)19-9-5-6-10-20(19)21-25(22,23)18-7-3-2-4-8-18/h2-14,21H,15H2,1H3. The van der Waals surface area contributed by atoms with Gasteiger partial charge in [0.05, 0.1) is 17.2 Å². The van der Waals surface area contributed by atoms with Gasteiger partial charge in [-0.3, -0.25) is 4.72 Å². The summed E-state index contributed by atoms with van der Waals surface area (Å²) >= 11 is 0. The molecule has 25 heavy (non-hydrogen) atoms. The number of hydrogen-bond acceptors (Lipinski definition) is 3. The largest absolute Gasteiger partial charge is 0.380 e. The minimum absolute atomic E-state index is 0.236. The second-order valence-corrected chi connectivity index (χ2v) is 7.28. The smallest absolute Gasteiger partial charge is 0.261 e. The van der Waals surface area contributed by atoms with Crippen LogP contribution in [0.2, 0.25) is 0 Å². The number of anilines is 1. The van der Waals surface area contributed by atoms with Crippen molar-refractivity contribution in [2.75, 3.05) is 11.8 Å². The van der Waals surface area contributed by atoms with Crippen molar-refractivity contribution in [3.05, 3.63) is 84.4 Å². The van der Waals surface area contributed by atoms with Gasteiger partial charge in [-0.15, -0.1) is 0 Å². The SMILES string of the molecule is COCc1ccc(-c2ccccc2NS(=O)(=O)c2ccccc2)cc1. The molecule has 0 saturated carbocycles. The lowest BCUT2D eigenvalue weighted by molar-refractivity contribution is 0.185. The zero-order chi connectivity index (χ0) is 17.7. The first-order valence-electron chi connectivity index (χ1n) is 7.85. The van der Waals surface area contributed by atoms with Crippen LogP contribution in [0.3, 0.4) is 0 Å². The maximum absolute atomic E-state index is 12.6.